The van der Waals surface area contributed by atoms with E-state index >= 15 is 0 Å². The number of esters is 1. The third-order valence-electron chi connectivity index (χ3n) is 4.03. The molecule has 0 aliphatic rings. The Morgan fingerprint density at radius 1 is 0.833 bits per heavy atom. The van der Waals surface area contributed by atoms with Gasteiger partial charge in [0.25, 0.3) is 20.2 Å². The van der Waals surface area contributed by atoms with Crippen molar-refractivity contribution in [1.29, 1.82) is 0 Å². The molecule has 0 aromatic heterocycles. The zero-order valence-corrected chi connectivity index (χ0v) is 18.5. The highest BCUT2D eigenvalue weighted by Gasteiger charge is 2.29. The second-order valence-corrected chi connectivity index (χ2v) is 9.67. The highest BCUT2D eigenvalue weighted by atomic mass is 32.2. The van der Waals surface area contributed by atoms with Crippen LogP contribution < -0.4 is 0 Å². The maximum atomic E-state index is 12.5. The Balaban J connectivity index is 2.10. The molecular formula is C20H24O8S2. The molecule has 1 atom stereocenters. The van der Waals surface area contributed by atoms with Gasteiger partial charge in [-0.3, -0.25) is 8.37 Å². The molecule has 1 unspecified atom stereocenters. The summed E-state index contributed by atoms with van der Waals surface area (Å²) in [6, 6.07) is 11.9. The first-order chi connectivity index (χ1) is 14.0. The Bertz CT molecular complexity index is 1060. The molecule has 8 nitrogen and oxygen atoms in total. The normalized spacial score (nSPS) is 13.0. The fourth-order valence-electron chi connectivity index (χ4n) is 2.39. The van der Waals surface area contributed by atoms with Crippen LogP contribution >= 0.6 is 0 Å². The lowest BCUT2D eigenvalue weighted by atomic mass is 10.2. The van der Waals surface area contributed by atoms with Crippen molar-refractivity contribution in [2.75, 3.05) is 13.2 Å². The number of benzene rings is 2. The van der Waals surface area contributed by atoms with Crippen LogP contribution in [0.1, 0.15) is 24.5 Å². The molecule has 0 saturated heterocycles. The van der Waals surface area contributed by atoms with E-state index in [1.807, 2.05) is 6.92 Å². The van der Waals surface area contributed by atoms with Gasteiger partial charge in [0.2, 0.25) is 0 Å². The zero-order chi connectivity index (χ0) is 22.4. The maximum absolute atomic E-state index is 12.5. The van der Waals surface area contributed by atoms with Crippen LogP contribution in [0.5, 0.6) is 0 Å². The molecule has 2 aromatic rings. The second kappa shape index (κ2) is 10.2. The molecule has 0 aliphatic heterocycles. The number of rotatable bonds is 10. The summed E-state index contributed by atoms with van der Waals surface area (Å²) in [6.45, 7) is 4.70. The molecule has 0 radical (unpaired) electrons. The first-order valence-corrected chi connectivity index (χ1v) is 12.0. The molecule has 164 valence electrons. The number of carbonyl (C=O) groups excluding carboxylic acids is 1. The van der Waals surface area contributed by atoms with Crippen LogP contribution in [0.25, 0.3) is 0 Å². The molecule has 10 heteroatoms. The summed E-state index contributed by atoms with van der Waals surface area (Å²) < 4.78 is 64.3. The zero-order valence-electron chi connectivity index (χ0n) is 16.9. The fraction of sp³-hybridized carbons (Fsp3) is 0.350. The standard InChI is InChI=1S/C20H24O8S2/c1-4-26-20(21)19(28-30(24,25)18-11-7-16(3)8-12-18)13-14-27-29(22,23)17-9-5-15(2)6-10-17/h5-12,19H,4,13-14H2,1-3H3. The van der Waals surface area contributed by atoms with Crippen molar-refractivity contribution in [2.24, 2.45) is 0 Å². The Kier molecular flexibility index (Phi) is 8.13. The lowest BCUT2D eigenvalue weighted by molar-refractivity contribution is -0.151. The number of hydrogen-bond acceptors (Lipinski definition) is 8. The Morgan fingerprint density at radius 2 is 1.30 bits per heavy atom. The van der Waals surface area contributed by atoms with Crippen LogP contribution in [0.15, 0.2) is 58.3 Å². The van der Waals surface area contributed by atoms with Crippen molar-refractivity contribution in [3.8, 4) is 0 Å². The van der Waals surface area contributed by atoms with Crippen molar-refractivity contribution < 1.29 is 34.7 Å². The predicted octanol–water partition coefficient (Wildman–Crippen LogP) is 2.74. The summed E-state index contributed by atoms with van der Waals surface area (Å²) in [7, 11) is -8.34. The first kappa shape index (κ1) is 24.0. The molecule has 2 aromatic carbocycles. The van der Waals surface area contributed by atoms with E-state index in [9.17, 15) is 21.6 Å². The van der Waals surface area contributed by atoms with Crippen molar-refractivity contribution in [2.45, 2.75) is 43.1 Å². The van der Waals surface area contributed by atoms with Crippen molar-refractivity contribution >= 4 is 26.2 Å². The molecule has 0 N–H and O–H groups in total. The van der Waals surface area contributed by atoms with E-state index in [1.54, 1.807) is 38.1 Å². The van der Waals surface area contributed by atoms with Gasteiger partial charge in [0.1, 0.15) is 0 Å². The monoisotopic (exact) mass is 456 g/mol. The highest BCUT2D eigenvalue weighted by molar-refractivity contribution is 7.87. The van der Waals surface area contributed by atoms with E-state index in [2.05, 4.69) is 0 Å². The molecule has 0 fully saturated rings. The number of hydrogen-bond donors (Lipinski definition) is 0. The number of aryl methyl sites for hydroxylation is 2. The van der Waals surface area contributed by atoms with Gasteiger partial charge in [0.05, 0.1) is 23.0 Å². The van der Waals surface area contributed by atoms with Gasteiger partial charge >= 0.3 is 5.97 Å². The lowest BCUT2D eigenvalue weighted by Crippen LogP contribution is -2.31. The summed E-state index contributed by atoms with van der Waals surface area (Å²) in [5.74, 6) is -0.926. The molecule has 30 heavy (non-hydrogen) atoms. The molecule has 0 bridgehead atoms. The van der Waals surface area contributed by atoms with Gasteiger partial charge in [-0.2, -0.15) is 16.8 Å². The van der Waals surface area contributed by atoms with E-state index in [0.717, 1.165) is 11.1 Å². The average molecular weight is 457 g/mol. The Morgan fingerprint density at radius 3 is 1.77 bits per heavy atom. The Labute approximate surface area is 177 Å². The van der Waals surface area contributed by atoms with Crippen LogP contribution in [-0.2, 0) is 38.1 Å². The van der Waals surface area contributed by atoms with Crippen LogP contribution in [-0.4, -0.2) is 42.1 Å². The summed E-state index contributed by atoms with van der Waals surface area (Å²) >= 11 is 0. The quantitative estimate of drug-likeness (QED) is 0.396. The van der Waals surface area contributed by atoms with Crippen LogP contribution in [0.2, 0.25) is 0 Å². The van der Waals surface area contributed by atoms with Crippen molar-refractivity contribution in [3.05, 3.63) is 59.7 Å². The fourth-order valence-corrected chi connectivity index (χ4v) is 4.37. The molecule has 0 spiro atoms. The van der Waals surface area contributed by atoms with Crippen LogP contribution in [0.3, 0.4) is 0 Å². The largest absolute Gasteiger partial charge is 0.464 e. The minimum absolute atomic E-state index is 0.00575. The van der Waals surface area contributed by atoms with Gasteiger partial charge in [-0.1, -0.05) is 35.4 Å². The third-order valence-corrected chi connectivity index (χ3v) is 6.69. The minimum Gasteiger partial charge on any atom is -0.464 e. The third kappa shape index (κ3) is 6.63. The smallest absolute Gasteiger partial charge is 0.336 e. The molecule has 0 aliphatic carbocycles. The van der Waals surface area contributed by atoms with E-state index < -0.39 is 38.9 Å². The Hall–Kier alpha value is -2.27. The van der Waals surface area contributed by atoms with E-state index in [0.29, 0.717) is 0 Å². The molecule has 0 amide bonds. The second-order valence-electron chi connectivity index (χ2n) is 6.48. The minimum atomic E-state index is -4.27. The van der Waals surface area contributed by atoms with Crippen molar-refractivity contribution in [1.82, 2.24) is 0 Å². The van der Waals surface area contributed by atoms with Gasteiger partial charge in [0, 0.05) is 6.42 Å². The summed E-state index contributed by atoms with van der Waals surface area (Å²) in [4.78, 5) is 12.0. The highest BCUT2D eigenvalue weighted by Crippen LogP contribution is 2.19. The van der Waals surface area contributed by atoms with Crippen LogP contribution in [0.4, 0.5) is 0 Å². The first-order valence-electron chi connectivity index (χ1n) is 9.18. The maximum Gasteiger partial charge on any atom is 0.336 e. The van der Waals surface area contributed by atoms with E-state index in [-0.39, 0.29) is 22.8 Å². The van der Waals surface area contributed by atoms with Crippen molar-refractivity contribution in [3.63, 3.8) is 0 Å². The number of carbonyl (C=O) groups is 1. The molecule has 0 saturated carbocycles. The lowest BCUT2D eigenvalue weighted by Gasteiger charge is -2.16. The van der Waals surface area contributed by atoms with E-state index in [1.165, 1.54) is 24.3 Å². The van der Waals surface area contributed by atoms with E-state index in [4.69, 9.17) is 13.1 Å². The molecule has 0 heterocycles. The molecular weight excluding hydrogens is 432 g/mol. The van der Waals surface area contributed by atoms with Gasteiger partial charge in [-0.15, -0.1) is 0 Å². The average Bonchev–Trinajstić information content (AvgIpc) is 2.68. The van der Waals surface area contributed by atoms with Gasteiger partial charge in [-0.25, -0.2) is 4.79 Å². The summed E-state index contributed by atoms with van der Waals surface area (Å²) in [5.41, 5.74) is 1.73. The summed E-state index contributed by atoms with van der Waals surface area (Å²) in [5, 5.41) is 0. The summed E-state index contributed by atoms with van der Waals surface area (Å²) in [6.07, 6.45) is -1.89. The predicted molar refractivity (Wildman–Crippen MR) is 109 cm³/mol. The molecule has 2 rings (SSSR count). The van der Waals surface area contributed by atoms with Gasteiger partial charge in [-0.05, 0) is 45.0 Å². The van der Waals surface area contributed by atoms with Gasteiger partial charge in [0.15, 0.2) is 6.10 Å². The topological polar surface area (TPSA) is 113 Å². The number of ether oxygens (including phenoxy) is 1. The van der Waals surface area contributed by atoms with Gasteiger partial charge < -0.3 is 4.74 Å². The SMILES string of the molecule is CCOC(=O)C(CCOS(=O)(=O)c1ccc(C)cc1)OS(=O)(=O)c1ccc(C)cc1. The van der Waals surface area contributed by atoms with Crippen LogP contribution in [0, 0.1) is 13.8 Å².